The monoisotopic (exact) mass is 1350 g/mol. The van der Waals surface area contributed by atoms with Crippen LogP contribution in [0.4, 0.5) is 0 Å². The van der Waals surface area contributed by atoms with Crippen LogP contribution in [0.15, 0.2) is 376 Å². The summed E-state index contributed by atoms with van der Waals surface area (Å²) in [5.41, 5.74) is 25.7. The van der Waals surface area contributed by atoms with Crippen molar-refractivity contribution in [3.8, 4) is 113 Å². The minimum Gasteiger partial charge on any atom is -0.309 e. The average molecular weight is 1350 g/mol. The maximum Gasteiger partial charge on any atom is 0.238 e. The Kier molecular flexibility index (Phi) is 14.1. The highest BCUT2D eigenvalue weighted by atomic mass is 15.2. The third kappa shape index (κ3) is 10.1. The normalized spacial score (nSPS) is 11.8. The molecule has 8 heteroatoms. The lowest BCUT2D eigenvalue weighted by atomic mass is 9.92. The fraction of sp³-hybridized carbons (Fsp3) is 0. The van der Waals surface area contributed by atoms with E-state index in [-0.39, 0.29) is 0 Å². The molecule has 0 N–H and O–H groups in total. The molecule has 0 amide bonds. The Bertz CT molecular complexity index is 6980. The predicted molar refractivity (Wildman–Crippen MR) is 438 cm³/mol. The van der Waals surface area contributed by atoms with Crippen LogP contribution in [-0.4, -0.2) is 38.2 Å². The quantitative estimate of drug-likeness (QED) is 0.122. The smallest absolute Gasteiger partial charge is 0.238 e. The minimum atomic E-state index is 0.526. The lowest BCUT2D eigenvalue weighted by Crippen LogP contribution is -2.06. The first-order valence-electron chi connectivity index (χ1n) is 36.0. The van der Waals surface area contributed by atoms with E-state index in [1.165, 1.54) is 38.2 Å². The lowest BCUT2D eigenvalue weighted by Gasteiger charge is -2.15. The molecule has 0 atom stereocenters. The number of aromatic nitrogens is 8. The van der Waals surface area contributed by atoms with E-state index in [1.54, 1.807) is 0 Å². The predicted octanol–water partition coefficient (Wildman–Crippen LogP) is 25.0. The molecule has 0 aliphatic carbocycles. The van der Waals surface area contributed by atoms with E-state index in [2.05, 4.69) is 358 Å². The molecule has 21 rings (SSSR count). The molecule has 15 aromatic carbocycles. The number of nitrogens with zero attached hydrogens (tertiary/aromatic N) is 8. The number of hydrogen-bond acceptors (Lipinski definition) is 4. The Morgan fingerprint density at radius 2 is 0.575 bits per heavy atom. The lowest BCUT2D eigenvalue weighted by molar-refractivity contribution is 0.953. The van der Waals surface area contributed by atoms with E-state index in [9.17, 15) is 0 Å². The number of rotatable bonds is 12. The van der Waals surface area contributed by atoms with Crippen LogP contribution in [0.25, 0.3) is 200 Å². The first-order chi connectivity index (χ1) is 52.5. The summed E-state index contributed by atoms with van der Waals surface area (Å²) in [5, 5.41) is 9.24. The van der Waals surface area contributed by atoms with Crippen LogP contribution in [0, 0.1) is 0 Å². The molecule has 0 unspecified atom stereocenters. The van der Waals surface area contributed by atoms with Crippen LogP contribution in [-0.2, 0) is 0 Å². The van der Waals surface area contributed by atoms with Crippen molar-refractivity contribution >= 4 is 87.2 Å². The van der Waals surface area contributed by atoms with E-state index < -0.39 is 0 Å². The van der Waals surface area contributed by atoms with Crippen molar-refractivity contribution in [2.45, 2.75) is 0 Å². The molecule has 0 aliphatic heterocycles. The molecule has 0 fully saturated rings. The van der Waals surface area contributed by atoms with Gasteiger partial charge in [0.25, 0.3) is 0 Å². The summed E-state index contributed by atoms with van der Waals surface area (Å²) >= 11 is 0. The second-order valence-electron chi connectivity index (χ2n) is 27.3. The van der Waals surface area contributed by atoms with Gasteiger partial charge in [-0.1, -0.05) is 267 Å². The summed E-state index contributed by atoms with van der Waals surface area (Å²) in [5.74, 6) is 2.53. The molecular formula is C98H62N8. The van der Waals surface area contributed by atoms with Crippen LogP contribution in [0.5, 0.6) is 0 Å². The number of fused-ring (bicyclic) bond motifs is 12. The van der Waals surface area contributed by atoms with Gasteiger partial charge in [0.2, 0.25) is 5.95 Å². The van der Waals surface area contributed by atoms with Gasteiger partial charge in [0.15, 0.2) is 11.6 Å². The molecule has 0 saturated heterocycles. The minimum absolute atomic E-state index is 0.526. The van der Waals surface area contributed by atoms with Crippen molar-refractivity contribution in [1.82, 2.24) is 38.2 Å². The van der Waals surface area contributed by atoms with Crippen LogP contribution >= 0.6 is 0 Å². The Labute approximate surface area is 610 Å². The van der Waals surface area contributed by atoms with Crippen molar-refractivity contribution < 1.29 is 0 Å². The molecular weight excluding hydrogens is 1290 g/mol. The zero-order valence-electron chi connectivity index (χ0n) is 57.4. The Morgan fingerprint density at radius 3 is 1.18 bits per heavy atom. The van der Waals surface area contributed by atoms with E-state index in [0.717, 1.165) is 144 Å². The highest BCUT2D eigenvalue weighted by Crippen LogP contribution is 2.46. The third-order valence-corrected chi connectivity index (χ3v) is 21.2. The van der Waals surface area contributed by atoms with E-state index >= 15 is 0 Å². The van der Waals surface area contributed by atoms with Gasteiger partial charge in [-0.3, -0.25) is 9.13 Å². The first kappa shape index (κ1) is 60.4. The first-order valence-corrected chi connectivity index (χ1v) is 36.0. The molecule has 21 aromatic rings. The molecule has 106 heavy (non-hydrogen) atoms. The maximum atomic E-state index is 5.69. The molecule has 8 nitrogen and oxygen atoms in total. The second-order valence-corrected chi connectivity index (χ2v) is 27.3. The number of para-hydroxylation sites is 5. The Morgan fingerprint density at radius 1 is 0.179 bits per heavy atom. The third-order valence-electron chi connectivity index (χ3n) is 21.2. The van der Waals surface area contributed by atoms with Gasteiger partial charge in [0.05, 0.1) is 49.8 Å². The molecule has 0 saturated carbocycles. The molecule has 0 bridgehead atoms. The zero-order chi connectivity index (χ0) is 69.8. The van der Waals surface area contributed by atoms with Crippen molar-refractivity contribution in [2.24, 2.45) is 0 Å². The summed E-state index contributed by atoms with van der Waals surface area (Å²) < 4.78 is 9.41. The van der Waals surface area contributed by atoms with Gasteiger partial charge < -0.3 is 9.13 Å². The van der Waals surface area contributed by atoms with Gasteiger partial charge >= 0.3 is 0 Å². The number of hydrogen-bond donors (Lipinski definition) is 0. The van der Waals surface area contributed by atoms with E-state index in [1.807, 2.05) is 36.4 Å². The van der Waals surface area contributed by atoms with Gasteiger partial charge in [-0.2, -0.15) is 9.97 Å². The standard InChI is InChI=1S/C98H62N8/c1-6-25-63(26-7-1)64-45-50-76(51-46-64)104-87-42-21-18-38-78(87)83-56-69(48-53-91(83)104)71-47-52-80-77-37-16-22-43-88(77)105(92(80)60-71)94-62-74(59-85(99-94)65-27-8-2-9-28-65)68-33-24-34-72(55-68)82-58-73(70-49-54-90-84(57-70)79-39-17-20-41-86(79)103(90)75-35-14-5-15-36-75)61-93-95(82)81-40-19-23-44-89(81)106(93)98-101-96(66-29-10-3-11-30-66)100-97(102-98)67-31-12-4-13-32-67/h1-62H. The fourth-order valence-corrected chi connectivity index (χ4v) is 16.3. The Balaban J connectivity index is 0.752. The molecule has 6 aromatic heterocycles. The van der Waals surface area contributed by atoms with Gasteiger partial charge in [-0.05, 0) is 165 Å². The van der Waals surface area contributed by atoms with Crippen LogP contribution in [0.3, 0.4) is 0 Å². The van der Waals surface area contributed by atoms with Crippen molar-refractivity contribution in [3.63, 3.8) is 0 Å². The van der Waals surface area contributed by atoms with Crippen LogP contribution in [0.2, 0.25) is 0 Å². The van der Waals surface area contributed by atoms with Crippen LogP contribution in [0.1, 0.15) is 0 Å². The van der Waals surface area contributed by atoms with Crippen LogP contribution < -0.4 is 0 Å². The zero-order valence-corrected chi connectivity index (χ0v) is 57.4. The largest absolute Gasteiger partial charge is 0.309 e. The molecule has 0 aliphatic rings. The number of pyridine rings is 1. The van der Waals surface area contributed by atoms with E-state index in [4.69, 9.17) is 19.9 Å². The topological polar surface area (TPSA) is 71.3 Å². The van der Waals surface area contributed by atoms with Crippen molar-refractivity contribution in [3.05, 3.63) is 376 Å². The maximum absolute atomic E-state index is 5.69. The summed E-state index contributed by atoms with van der Waals surface area (Å²) in [6, 6.07) is 135. The average Bonchev–Trinajstić information content (AvgIpc) is 1.57. The van der Waals surface area contributed by atoms with E-state index in [0.29, 0.717) is 17.6 Å². The van der Waals surface area contributed by atoms with Gasteiger partial charge in [0.1, 0.15) is 5.82 Å². The SMILES string of the molecule is c1ccc(-c2ccc(-n3c4ccccc4c4cc(-c5ccc6c7ccccc7n(-c7cc(-c8cccc(-c9cc(-c%10ccc%11c(c%10)c%10ccccc%10n%11-c%10ccccc%10)cc%10c9c9ccccc9n%10-c9nc(-c%10ccccc%10)nc(-c%10ccccc%10)n9)c8)cc(-c8ccccc8)n7)c6c5)ccc43)cc2)cc1. The van der Waals surface area contributed by atoms with Gasteiger partial charge in [0, 0.05) is 71.2 Å². The summed E-state index contributed by atoms with van der Waals surface area (Å²) in [6.45, 7) is 0. The highest BCUT2D eigenvalue weighted by Gasteiger charge is 2.25. The molecule has 0 radical (unpaired) electrons. The molecule has 6 heterocycles. The summed E-state index contributed by atoms with van der Waals surface area (Å²) in [4.78, 5) is 21.7. The molecule has 494 valence electrons. The number of benzene rings is 15. The van der Waals surface area contributed by atoms with Gasteiger partial charge in [-0.25, -0.2) is 9.97 Å². The van der Waals surface area contributed by atoms with Crippen molar-refractivity contribution in [2.75, 3.05) is 0 Å². The highest BCUT2D eigenvalue weighted by molar-refractivity contribution is 6.18. The summed E-state index contributed by atoms with van der Waals surface area (Å²) in [7, 11) is 0. The Hall–Kier alpha value is -14.3. The summed E-state index contributed by atoms with van der Waals surface area (Å²) in [6.07, 6.45) is 0. The van der Waals surface area contributed by atoms with Gasteiger partial charge in [-0.15, -0.1) is 0 Å². The molecule has 0 spiro atoms. The van der Waals surface area contributed by atoms with Crippen molar-refractivity contribution in [1.29, 1.82) is 0 Å². The second kappa shape index (κ2) is 24.7. The fourth-order valence-electron chi connectivity index (χ4n) is 16.3.